The van der Waals surface area contributed by atoms with Crippen molar-refractivity contribution in [1.29, 1.82) is 0 Å². The first kappa shape index (κ1) is 9.45. The Labute approximate surface area is 88.0 Å². The average molecular weight is 201 g/mol. The number of pyridine rings is 2. The highest BCUT2D eigenvalue weighted by Gasteiger charge is 1.97. The lowest BCUT2D eigenvalue weighted by Crippen LogP contribution is -1.94. The van der Waals surface area contributed by atoms with Gasteiger partial charge >= 0.3 is 0 Å². The van der Waals surface area contributed by atoms with Gasteiger partial charge in [-0.25, -0.2) is 4.98 Å². The second-order valence-electron chi connectivity index (χ2n) is 2.95. The van der Waals surface area contributed by atoms with Crippen molar-refractivity contribution >= 4 is 11.5 Å². The van der Waals surface area contributed by atoms with Crippen molar-refractivity contribution in [2.24, 2.45) is 0 Å². The molecule has 1 N–H and O–H groups in total. The number of anilines is 2. The minimum absolute atomic E-state index is 0.718. The molecule has 76 valence electrons. The third-order valence-electron chi connectivity index (χ3n) is 1.89. The van der Waals surface area contributed by atoms with E-state index in [1.54, 1.807) is 25.7 Å². The number of hydrogen-bond donors (Lipinski definition) is 1. The summed E-state index contributed by atoms with van der Waals surface area (Å²) in [5.74, 6) is 1.50. The number of nitrogens with one attached hydrogen (secondary N) is 1. The molecule has 0 radical (unpaired) electrons. The van der Waals surface area contributed by atoms with Gasteiger partial charge in [0.2, 0.25) is 0 Å². The van der Waals surface area contributed by atoms with Gasteiger partial charge in [0.25, 0.3) is 0 Å². The molecule has 15 heavy (non-hydrogen) atoms. The van der Waals surface area contributed by atoms with Crippen molar-refractivity contribution < 1.29 is 4.74 Å². The Balaban J connectivity index is 2.17. The lowest BCUT2D eigenvalue weighted by Gasteiger charge is -2.05. The molecule has 0 aromatic carbocycles. The smallest absolute Gasteiger partial charge is 0.139 e. The van der Waals surface area contributed by atoms with Gasteiger partial charge in [-0.05, 0) is 12.1 Å². The maximum atomic E-state index is 5.07. The van der Waals surface area contributed by atoms with E-state index in [2.05, 4.69) is 15.3 Å². The van der Waals surface area contributed by atoms with E-state index in [0.717, 1.165) is 17.3 Å². The fourth-order valence-electron chi connectivity index (χ4n) is 1.18. The molecule has 0 aliphatic heterocycles. The number of rotatable bonds is 3. The minimum Gasteiger partial charge on any atom is -0.495 e. The number of methoxy groups -OCH3 is 1. The Kier molecular flexibility index (Phi) is 2.78. The molecule has 2 aromatic heterocycles. The zero-order valence-electron chi connectivity index (χ0n) is 8.34. The molecule has 0 aliphatic carbocycles. The monoisotopic (exact) mass is 201 g/mol. The molecule has 0 saturated carbocycles. The highest BCUT2D eigenvalue weighted by Crippen LogP contribution is 2.17. The van der Waals surface area contributed by atoms with E-state index < -0.39 is 0 Å². The van der Waals surface area contributed by atoms with E-state index in [1.165, 1.54) is 0 Å². The molecule has 0 fully saturated rings. The van der Waals surface area contributed by atoms with Crippen molar-refractivity contribution in [2.45, 2.75) is 0 Å². The lowest BCUT2D eigenvalue weighted by molar-refractivity contribution is 0.413. The van der Waals surface area contributed by atoms with Crippen LogP contribution < -0.4 is 10.1 Å². The molecule has 2 aromatic rings. The van der Waals surface area contributed by atoms with Crippen molar-refractivity contribution in [2.75, 3.05) is 12.4 Å². The first-order chi connectivity index (χ1) is 7.38. The molecule has 0 unspecified atom stereocenters. The summed E-state index contributed by atoms with van der Waals surface area (Å²) in [6, 6.07) is 7.54. The van der Waals surface area contributed by atoms with Crippen LogP contribution in [0.3, 0.4) is 0 Å². The summed E-state index contributed by atoms with van der Waals surface area (Å²) in [6.07, 6.45) is 5.11. The Morgan fingerprint density at radius 1 is 1.27 bits per heavy atom. The average Bonchev–Trinajstić information content (AvgIpc) is 2.31. The number of hydrogen-bond acceptors (Lipinski definition) is 4. The highest BCUT2D eigenvalue weighted by atomic mass is 16.5. The van der Waals surface area contributed by atoms with Crippen molar-refractivity contribution in [3.63, 3.8) is 0 Å². The van der Waals surface area contributed by atoms with Crippen LogP contribution in [0, 0.1) is 0 Å². The van der Waals surface area contributed by atoms with Crippen LogP contribution in [0.15, 0.2) is 42.9 Å². The fraction of sp³-hybridized carbons (Fsp3) is 0.0909. The first-order valence-electron chi connectivity index (χ1n) is 4.55. The summed E-state index contributed by atoms with van der Waals surface area (Å²) in [6.45, 7) is 0. The van der Waals surface area contributed by atoms with Gasteiger partial charge < -0.3 is 10.1 Å². The standard InChI is InChI=1S/C11H11N3O/c1-15-10-6-9(7-12-8-10)14-11-4-2-3-5-13-11/h2-8H,1H3,(H,13,14). The third-order valence-corrected chi connectivity index (χ3v) is 1.89. The van der Waals surface area contributed by atoms with E-state index in [4.69, 9.17) is 4.74 Å². The van der Waals surface area contributed by atoms with Crippen LogP contribution in [0.1, 0.15) is 0 Å². The molecule has 2 rings (SSSR count). The quantitative estimate of drug-likeness (QED) is 0.827. The Morgan fingerprint density at radius 2 is 2.20 bits per heavy atom. The molecular formula is C11H11N3O. The molecule has 0 saturated heterocycles. The Morgan fingerprint density at radius 3 is 2.93 bits per heavy atom. The van der Waals surface area contributed by atoms with Crippen LogP contribution in [0.25, 0.3) is 0 Å². The minimum atomic E-state index is 0.718. The summed E-state index contributed by atoms with van der Waals surface area (Å²) in [7, 11) is 1.61. The lowest BCUT2D eigenvalue weighted by atomic mass is 10.4. The van der Waals surface area contributed by atoms with Crippen LogP contribution in [0.5, 0.6) is 5.75 Å². The third kappa shape index (κ3) is 2.43. The summed E-state index contributed by atoms with van der Waals surface area (Å²) in [4.78, 5) is 8.19. The van der Waals surface area contributed by atoms with Crippen LogP contribution in [-0.2, 0) is 0 Å². The van der Waals surface area contributed by atoms with E-state index in [0.29, 0.717) is 0 Å². The van der Waals surface area contributed by atoms with Gasteiger partial charge in [0, 0.05) is 12.3 Å². The van der Waals surface area contributed by atoms with Gasteiger partial charge in [-0.1, -0.05) is 6.07 Å². The van der Waals surface area contributed by atoms with Crippen molar-refractivity contribution in [1.82, 2.24) is 9.97 Å². The summed E-state index contributed by atoms with van der Waals surface area (Å²) >= 11 is 0. The normalized spacial score (nSPS) is 9.67. The van der Waals surface area contributed by atoms with Crippen molar-refractivity contribution in [3.8, 4) is 5.75 Å². The molecule has 0 aliphatic rings. The Hall–Kier alpha value is -2.10. The molecule has 0 amide bonds. The van der Waals surface area contributed by atoms with Gasteiger partial charge in [-0.15, -0.1) is 0 Å². The molecule has 2 heterocycles. The molecule has 0 atom stereocenters. The number of aromatic nitrogens is 2. The van der Waals surface area contributed by atoms with Crippen molar-refractivity contribution in [3.05, 3.63) is 42.9 Å². The zero-order valence-corrected chi connectivity index (χ0v) is 8.34. The van der Waals surface area contributed by atoms with Crippen LogP contribution in [0.2, 0.25) is 0 Å². The second kappa shape index (κ2) is 4.41. The molecular weight excluding hydrogens is 190 g/mol. The van der Waals surface area contributed by atoms with E-state index in [9.17, 15) is 0 Å². The van der Waals surface area contributed by atoms with Gasteiger partial charge in [-0.3, -0.25) is 4.98 Å². The van der Waals surface area contributed by atoms with E-state index in [1.807, 2.05) is 24.3 Å². The SMILES string of the molecule is COc1cncc(Nc2ccccn2)c1. The zero-order chi connectivity index (χ0) is 10.5. The van der Waals surface area contributed by atoms with Crippen LogP contribution in [-0.4, -0.2) is 17.1 Å². The fourth-order valence-corrected chi connectivity index (χ4v) is 1.18. The molecule has 0 bridgehead atoms. The summed E-state index contributed by atoms with van der Waals surface area (Å²) < 4.78 is 5.07. The molecule has 4 nitrogen and oxygen atoms in total. The van der Waals surface area contributed by atoms with Gasteiger partial charge in [0.05, 0.1) is 25.2 Å². The maximum absolute atomic E-state index is 5.07. The van der Waals surface area contributed by atoms with E-state index in [-0.39, 0.29) is 0 Å². The summed E-state index contributed by atoms with van der Waals surface area (Å²) in [5.41, 5.74) is 0.855. The summed E-state index contributed by atoms with van der Waals surface area (Å²) in [5, 5.41) is 3.12. The van der Waals surface area contributed by atoms with E-state index >= 15 is 0 Å². The molecule has 0 spiro atoms. The van der Waals surface area contributed by atoms with Crippen LogP contribution >= 0.6 is 0 Å². The predicted molar refractivity (Wildman–Crippen MR) is 58.3 cm³/mol. The molecule has 4 heteroatoms. The first-order valence-corrected chi connectivity index (χ1v) is 4.55. The predicted octanol–water partition coefficient (Wildman–Crippen LogP) is 2.23. The number of nitrogens with zero attached hydrogens (tertiary/aromatic N) is 2. The second-order valence-corrected chi connectivity index (χ2v) is 2.95. The van der Waals surface area contributed by atoms with Gasteiger partial charge in [0.1, 0.15) is 11.6 Å². The van der Waals surface area contributed by atoms with Crippen LogP contribution in [0.4, 0.5) is 11.5 Å². The largest absolute Gasteiger partial charge is 0.495 e. The Bertz CT molecular complexity index is 431. The van der Waals surface area contributed by atoms with Gasteiger partial charge in [0.15, 0.2) is 0 Å². The van der Waals surface area contributed by atoms with Gasteiger partial charge in [-0.2, -0.15) is 0 Å². The maximum Gasteiger partial charge on any atom is 0.139 e. The topological polar surface area (TPSA) is 47.0 Å². The highest BCUT2D eigenvalue weighted by molar-refractivity contribution is 5.56. The number of ether oxygens (including phenoxy) is 1.